The van der Waals surface area contributed by atoms with Gasteiger partial charge in [0.25, 0.3) is 0 Å². The Morgan fingerprint density at radius 1 is 1.14 bits per heavy atom. The molecule has 0 radical (unpaired) electrons. The first kappa shape index (κ1) is 15.0. The molecule has 0 fully saturated rings. The van der Waals surface area contributed by atoms with Gasteiger partial charge in [-0.1, -0.05) is 36.4 Å². The fraction of sp³-hybridized carbons (Fsp3) is 0.125. The minimum absolute atomic E-state index is 0.205. The monoisotopic (exact) mass is 300 g/mol. The summed E-state index contributed by atoms with van der Waals surface area (Å²) in [6.45, 7) is 1.91. The molecule has 0 bridgehead atoms. The normalized spacial score (nSPS) is 9.76. The highest BCUT2D eigenvalue weighted by Crippen LogP contribution is 2.18. The topological polar surface area (TPSA) is 50.4 Å². The summed E-state index contributed by atoms with van der Waals surface area (Å²) in [5, 5.41) is 5.71. The van der Waals surface area contributed by atoms with Crippen LogP contribution in [0.3, 0.4) is 0 Å². The largest absolute Gasteiger partial charge is 0.489 e. The first-order chi connectivity index (χ1) is 10.1. The van der Waals surface area contributed by atoms with Gasteiger partial charge >= 0.3 is 0 Å². The molecule has 0 saturated carbocycles. The molecule has 0 heterocycles. The van der Waals surface area contributed by atoms with Crippen molar-refractivity contribution in [1.29, 1.82) is 0 Å². The van der Waals surface area contributed by atoms with Crippen LogP contribution in [0.4, 0.5) is 5.69 Å². The average molecular weight is 300 g/mol. The molecular formula is C16H16N2O2S. The Kier molecular flexibility index (Phi) is 5.29. The van der Waals surface area contributed by atoms with E-state index in [2.05, 4.69) is 10.6 Å². The zero-order valence-electron chi connectivity index (χ0n) is 11.6. The second-order valence-electron chi connectivity index (χ2n) is 4.44. The smallest absolute Gasteiger partial charge is 0.222 e. The summed E-state index contributed by atoms with van der Waals surface area (Å²) >= 11 is 5.01. The molecule has 2 aromatic carbocycles. The van der Waals surface area contributed by atoms with Gasteiger partial charge in [-0.3, -0.25) is 4.79 Å². The van der Waals surface area contributed by atoms with Crippen LogP contribution in [0.5, 0.6) is 5.75 Å². The Balaban J connectivity index is 1.94. The Bertz CT molecular complexity index is 629. The molecule has 0 spiro atoms. The highest BCUT2D eigenvalue weighted by Gasteiger charge is 2.01. The van der Waals surface area contributed by atoms with Gasteiger partial charge < -0.3 is 15.4 Å². The number of benzene rings is 2. The minimum atomic E-state index is -0.205. The SMILES string of the molecule is CC(=O)NC(=S)Nc1cccc(OCc2ccccc2)c1. The standard InChI is InChI=1S/C16H16N2O2S/c1-12(19)17-16(21)18-14-8-5-9-15(10-14)20-11-13-6-3-2-4-7-13/h2-10H,11H2,1H3,(H2,17,18,19,21). The highest BCUT2D eigenvalue weighted by molar-refractivity contribution is 7.80. The van der Waals surface area contributed by atoms with E-state index in [-0.39, 0.29) is 11.0 Å². The van der Waals surface area contributed by atoms with Crippen LogP contribution in [0.1, 0.15) is 12.5 Å². The number of hydrogen-bond donors (Lipinski definition) is 2. The Morgan fingerprint density at radius 2 is 1.90 bits per heavy atom. The lowest BCUT2D eigenvalue weighted by Gasteiger charge is -2.10. The van der Waals surface area contributed by atoms with Crippen LogP contribution < -0.4 is 15.4 Å². The maximum absolute atomic E-state index is 10.9. The zero-order chi connectivity index (χ0) is 15.1. The first-order valence-corrected chi connectivity index (χ1v) is 6.89. The van der Waals surface area contributed by atoms with Crippen molar-refractivity contribution < 1.29 is 9.53 Å². The van der Waals surface area contributed by atoms with Crippen LogP contribution in [0.25, 0.3) is 0 Å². The van der Waals surface area contributed by atoms with Crippen LogP contribution in [0.2, 0.25) is 0 Å². The molecule has 2 aromatic rings. The van der Waals surface area contributed by atoms with E-state index in [1.807, 2.05) is 54.6 Å². The van der Waals surface area contributed by atoms with Gasteiger partial charge in [-0.05, 0) is 29.9 Å². The van der Waals surface area contributed by atoms with E-state index < -0.39 is 0 Å². The third-order valence-corrected chi connectivity index (χ3v) is 2.83. The van der Waals surface area contributed by atoms with Gasteiger partial charge in [0.1, 0.15) is 12.4 Å². The highest BCUT2D eigenvalue weighted by atomic mass is 32.1. The summed E-state index contributed by atoms with van der Waals surface area (Å²) in [6, 6.07) is 17.3. The number of anilines is 1. The van der Waals surface area contributed by atoms with Crippen LogP contribution in [0, 0.1) is 0 Å². The van der Waals surface area contributed by atoms with Gasteiger partial charge in [0.15, 0.2) is 5.11 Å². The molecule has 0 aliphatic carbocycles. The Morgan fingerprint density at radius 3 is 2.62 bits per heavy atom. The number of nitrogens with one attached hydrogen (secondary N) is 2. The van der Waals surface area contributed by atoms with Crippen LogP contribution >= 0.6 is 12.2 Å². The zero-order valence-corrected chi connectivity index (χ0v) is 12.4. The number of hydrogen-bond acceptors (Lipinski definition) is 3. The van der Waals surface area contributed by atoms with E-state index in [0.29, 0.717) is 6.61 Å². The molecule has 1 amide bonds. The van der Waals surface area contributed by atoms with Crippen LogP contribution in [-0.4, -0.2) is 11.0 Å². The Labute approximate surface area is 129 Å². The summed E-state index contributed by atoms with van der Waals surface area (Å²) in [4.78, 5) is 10.9. The van der Waals surface area contributed by atoms with Crippen LogP contribution in [0.15, 0.2) is 54.6 Å². The molecule has 0 aliphatic heterocycles. The molecular weight excluding hydrogens is 284 g/mol. The second kappa shape index (κ2) is 7.40. The van der Waals surface area contributed by atoms with Gasteiger partial charge in [-0.15, -0.1) is 0 Å². The lowest BCUT2D eigenvalue weighted by atomic mass is 10.2. The van der Waals surface area contributed by atoms with Crippen molar-refractivity contribution in [2.45, 2.75) is 13.5 Å². The van der Waals surface area contributed by atoms with Gasteiger partial charge in [-0.2, -0.15) is 0 Å². The van der Waals surface area contributed by atoms with Crippen molar-refractivity contribution in [3.8, 4) is 5.75 Å². The average Bonchev–Trinajstić information content (AvgIpc) is 2.46. The van der Waals surface area contributed by atoms with Gasteiger partial charge in [0.05, 0.1) is 0 Å². The van der Waals surface area contributed by atoms with Crippen LogP contribution in [-0.2, 0) is 11.4 Å². The quantitative estimate of drug-likeness (QED) is 0.852. The number of thiocarbonyl (C=S) groups is 1. The lowest BCUT2D eigenvalue weighted by Crippen LogP contribution is -2.32. The maximum Gasteiger partial charge on any atom is 0.222 e. The fourth-order valence-electron chi connectivity index (χ4n) is 1.73. The van der Waals surface area contributed by atoms with E-state index >= 15 is 0 Å². The molecule has 5 heteroatoms. The van der Waals surface area contributed by atoms with Crippen molar-refractivity contribution in [1.82, 2.24) is 5.32 Å². The molecule has 4 nitrogen and oxygen atoms in total. The van der Waals surface area contributed by atoms with Crippen molar-refractivity contribution >= 4 is 28.9 Å². The summed E-state index contributed by atoms with van der Waals surface area (Å²) < 4.78 is 5.72. The second-order valence-corrected chi connectivity index (χ2v) is 4.85. The van der Waals surface area contributed by atoms with Gasteiger partial charge in [0.2, 0.25) is 5.91 Å². The summed E-state index contributed by atoms with van der Waals surface area (Å²) in [7, 11) is 0. The molecule has 0 aliphatic rings. The summed E-state index contributed by atoms with van der Waals surface area (Å²) in [5.41, 5.74) is 1.86. The van der Waals surface area contributed by atoms with Crippen molar-refractivity contribution in [3.05, 3.63) is 60.2 Å². The number of carbonyl (C=O) groups excluding carboxylic acids is 1. The molecule has 2 N–H and O–H groups in total. The third kappa shape index (κ3) is 5.24. The van der Waals surface area contributed by atoms with E-state index in [1.54, 1.807) is 0 Å². The predicted octanol–water partition coefficient (Wildman–Crippen LogP) is 3.10. The van der Waals surface area contributed by atoms with Gasteiger partial charge in [-0.25, -0.2) is 0 Å². The molecule has 21 heavy (non-hydrogen) atoms. The lowest BCUT2D eigenvalue weighted by molar-refractivity contribution is -0.117. The maximum atomic E-state index is 10.9. The first-order valence-electron chi connectivity index (χ1n) is 6.49. The number of amides is 1. The van der Waals surface area contributed by atoms with Gasteiger partial charge in [0, 0.05) is 18.7 Å². The third-order valence-electron chi connectivity index (χ3n) is 2.63. The number of rotatable bonds is 4. The number of ether oxygens (including phenoxy) is 1. The molecule has 0 unspecified atom stereocenters. The minimum Gasteiger partial charge on any atom is -0.489 e. The molecule has 2 rings (SSSR count). The fourth-order valence-corrected chi connectivity index (χ4v) is 1.99. The molecule has 0 atom stereocenters. The van der Waals surface area contributed by atoms with E-state index in [0.717, 1.165) is 17.0 Å². The summed E-state index contributed by atoms with van der Waals surface area (Å²) in [5.74, 6) is 0.526. The van der Waals surface area contributed by atoms with E-state index in [4.69, 9.17) is 17.0 Å². The van der Waals surface area contributed by atoms with E-state index in [9.17, 15) is 4.79 Å². The number of carbonyl (C=O) groups is 1. The van der Waals surface area contributed by atoms with E-state index in [1.165, 1.54) is 6.92 Å². The molecule has 0 aromatic heterocycles. The summed E-state index contributed by atoms with van der Waals surface area (Å²) in [6.07, 6.45) is 0. The molecule has 0 saturated heterocycles. The predicted molar refractivity (Wildman–Crippen MR) is 87.3 cm³/mol. The molecule has 108 valence electrons. The van der Waals surface area contributed by atoms with Crippen molar-refractivity contribution in [2.75, 3.05) is 5.32 Å². The Hall–Kier alpha value is -2.40. The van der Waals surface area contributed by atoms with Crippen molar-refractivity contribution in [2.24, 2.45) is 0 Å². The van der Waals surface area contributed by atoms with Crippen molar-refractivity contribution in [3.63, 3.8) is 0 Å².